The summed E-state index contributed by atoms with van der Waals surface area (Å²) in [6, 6.07) is 0. The first-order valence-electron chi connectivity index (χ1n) is 9.81. The maximum atomic E-state index is 10.4. The van der Waals surface area contributed by atoms with E-state index in [0.29, 0.717) is 23.7 Å². The molecular formula is C21H36O5. The van der Waals surface area contributed by atoms with E-state index in [9.17, 15) is 9.90 Å². The van der Waals surface area contributed by atoms with E-state index >= 15 is 0 Å². The quantitative estimate of drug-likeness (QED) is 0.549. The average molecular weight is 369 g/mol. The van der Waals surface area contributed by atoms with Crippen LogP contribution >= 0.6 is 0 Å². The molecule has 4 rings (SSSR count). The van der Waals surface area contributed by atoms with Crippen LogP contribution in [0.25, 0.3) is 0 Å². The third kappa shape index (κ3) is 5.66. The van der Waals surface area contributed by atoms with Crippen LogP contribution in [0.1, 0.15) is 52.9 Å². The Morgan fingerprint density at radius 2 is 1.92 bits per heavy atom. The van der Waals surface area contributed by atoms with Crippen molar-refractivity contribution in [1.82, 2.24) is 0 Å². The number of hydrogen-bond donors (Lipinski definition) is 2. The number of epoxide rings is 1. The molecule has 0 aromatic carbocycles. The monoisotopic (exact) mass is 368 g/mol. The molecule has 0 aromatic rings. The van der Waals surface area contributed by atoms with Gasteiger partial charge in [0.1, 0.15) is 6.61 Å². The first-order chi connectivity index (χ1) is 12.5. The molecule has 1 spiro atoms. The van der Waals surface area contributed by atoms with E-state index in [0.717, 1.165) is 32.0 Å². The molecule has 4 aliphatic rings. The number of aliphatic hydroxyl groups excluding tert-OH is 2. The minimum Gasteiger partial charge on any atom is -0.458 e. The van der Waals surface area contributed by atoms with Crippen LogP contribution in [-0.4, -0.2) is 48.2 Å². The number of aliphatic hydroxyl groups is 2. The molecule has 2 aliphatic carbocycles. The van der Waals surface area contributed by atoms with Crippen LogP contribution in [0.2, 0.25) is 0 Å². The number of hydrogen-bond acceptors (Lipinski definition) is 5. The van der Waals surface area contributed by atoms with E-state index in [1.54, 1.807) is 6.08 Å². The average Bonchev–Trinajstić information content (AvgIpc) is 3.30. The third-order valence-electron chi connectivity index (χ3n) is 5.81. The van der Waals surface area contributed by atoms with Crippen molar-refractivity contribution in [2.45, 2.75) is 64.6 Å². The Labute approximate surface area is 158 Å². The van der Waals surface area contributed by atoms with Gasteiger partial charge in [0.2, 0.25) is 0 Å². The number of fused-ring (bicyclic) bond motifs is 1. The second-order valence-corrected chi connectivity index (χ2v) is 7.10. The van der Waals surface area contributed by atoms with Gasteiger partial charge >= 0.3 is 5.97 Å². The van der Waals surface area contributed by atoms with Gasteiger partial charge in [0.05, 0.1) is 23.9 Å². The topological polar surface area (TPSA) is 79.3 Å². The molecule has 0 bridgehead atoms. The molecule has 26 heavy (non-hydrogen) atoms. The van der Waals surface area contributed by atoms with Gasteiger partial charge in [-0.2, -0.15) is 0 Å². The van der Waals surface area contributed by atoms with E-state index in [4.69, 9.17) is 9.84 Å². The molecule has 0 radical (unpaired) electrons. The van der Waals surface area contributed by atoms with Gasteiger partial charge in [0, 0.05) is 7.11 Å². The highest BCUT2D eigenvalue weighted by Gasteiger charge is 2.52. The molecule has 0 aromatic heterocycles. The van der Waals surface area contributed by atoms with Crippen LogP contribution in [0, 0.1) is 17.8 Å². The Bertz CT molecular complexity index is 481. The van der Waals surface area contributed by atoms with Crippen molar-refractivity contribution in [3.05, 3.63) is 24.3 Å². The molecule has 5 atom stereocenters. The second kappa shape index (κ2) is 10.9. The molecule has 4 unspecified atom stereocenters. The second-order valence-electron chi connectivity index (χ2n) is 7.10. The lowest BCUT2D eigenvalue weighted by atomic mass is 9.62. The molecule has 3 fully saturated rings. The summed E-state index contributed by atoms with van der Waals surface area (Å²) in [5.41, 5.74) is 0.883. The molecule has 0 amide bonds. The normalized spacial score (nSPS) is 36.5. The number of ether oxygens (including phenoxy) is 2. The molecule has 2 heterocycles. The number of carbonyl (C=O) groups is 1. The highest BCUT2D eigenvalue weighted by Crippen LogP contribution is 2.52. The van der Waals surface area contributed by atoms with Gasteiger partial charge in [-0.25, -0.2) is 4.79 Å². The Kier molecular flexibility index (Phi) is 9.55. The molecule has 2 aliphatic heterocycles. The first kappa shape index (κ1) is 22.9. The smallest absolute Gasteiger partial charge is 0.338 e. The summed E-state index contributed by atoms with van der Waals surface area (Å²) in [7, 11) is 1.00. The zero-order valence-electron chi connectivity index (χ0n) is 16.7. The van der Waals surface area contributed by atoms with Gasteiger partial charge in [0.15, 0.2) is 0 Å². The Hall–Kier alpha value is -1.17. The fraction of sp³-hybridized carbons (Fsp3) is 0.762. The molecule has 2 N–H and O–H groups in total. The van der Waals surface area contributed by atoms with E-state index in [2.05, 4.69) is 18.2 Å². The van der Waals surface area contributed by atoms with Gasteiger partial charge in [0.25, 0.3) is 0 Å². The standard InChI is InChI=1S/C12H20O2.C6H6O2.C2H6.CH4O/c1-8-10-4-5-12(7-14-12)6-9(10)2-3-11(8)13;1-2-5-3-4-8-6(5)7;2*1-2/h8-11,13H,2-7H2,1H3;2-3H,1,4H2;1-2H3;2H,1H3/t8?,9?,10?,11-,12?;;;/m1.../s1. The summed E-state index contributed by atoms with van der Waals surface area (Å²) < 4.78 is 10.1. The Morgan fingerprint density at radius 3 is 2.38 bits per heavy atom. The Morgan fingerprint density at radius 1 is 1.27 bits per heavy atom. The van der Waals surface area contributed by atoms with Crippen LogP contribution < -0.4 is 0 Å². The maximum absolute atomic E-state index is 10.4. The van der Waals surface area contributed by atoms with Gasteiger partial charge in [-0.15, -0.1) is 0 Å². The third-order valence-corrected chi connectivity index (χ3v) is 5.81. The summed E-state index contributed by atoms with van der Waals surface area (Å²) in [5, 5.41) is 16.8. The van der Waals surface area contributed by atoms with Crippen molar-refractivity contribution in [2.75, 3.05) is 20.3 Å². The van der Waals surface area contributed by atoms with Crippen molar-refractivity contribution < 1.29 is 24.5 Å². The largest absolute Gasteiger partial charge is 0.458 e. The summed E-state index contributed by atoms with van der Waals surface area (Å²) in [6.07, 6.45) is 9.19. The molecule has 2 saturated carbocycles. The van der Waals surface area contributed by atoms with E-state index < -0.39 is 0 Å². The van der Waals surface area contributed by atoms with E-state index in [1.165, 1.54) is 31.8 Å². The fourth-order valence-electron chi connectivity index (χ4n) is 4.24. The van der Waals surface area contributed by atoms with Crippen LogP contribution in [0.5, 0.6) is 0 Å². The number of rotatable bonds is 1. The molecule has 1 saturated heterocycles. The number of esters is 1. The lowest BCUT2D eigenvalue weighted by molar-refractivity contribution is -0.135. The SMILES string of the molecule is C=CC1=CCOC1=O.CC.CC1C2CCC3(CO3)CC2CC[C@H]1O.CO. The molecule has 150 valence electrons. The van der Waals surface area contributed by atoms with E-state index in [1.807, 2.05) is 13.8 Å². The van der Waals surface area contributed by atoms with Crippen molar-refractivity contribution in [3.63, 3.8) is 0 Å². The minimum absolute atomic E-state index is 0.0366. The van der Waals surface area contributed by atoms with Crippen molar-refractivity contribution in [2.24, 2.45) is 17.8 Å². The summed E-state index contributed by atoms with van der Waals surface area (Å²) in [4.78, 5) is 10.4. The minimum atomic E-state index is -0.264. The van der Waals surface area contributed by atoms with Crippen LogP contribution in [0.4, 0.5) is 0 Å². The summed E-state index contributed by atoms with van der Waals surface area (Å²) >= 11 is 0. The van der Waals surface area contributed by atoms with Crippen LogP contribution in [-0.2, 0) is 14.3 Å². The van der Waals surface area contributed by atoms with Gasteiger partial charge in [-0.05, 0) is 55.9 Å². The van der Waals surface area contributed by atoms with Gasteiger partial charge in [-0.1, -0.05) is 33.4 Å². The molecule has 5 nitrogen and oxygen atoms in total. The highest BCUT2D eigenvalue weighted by atomic mass is 16.6. The predicted molar refractivity (Wildman–Crippen MR) is 103 cm³/mol. The van der Waals surface area contributed by atoms with Crippen LogP contribution in [0.3, 0.4) is 0 Å². The lowest BCUT2D eigenvalue weighted by Crippen LogP contribution is -2.41. The zero-order chi connectivity index (χ0) is 19.7. The van der Waals surface area contributed by atoms with Crippen molar-refractivity contribution in [3.8, 4) is 0 Å². The predicted octanol–water partition coefficient (Wildman–Crippen LogP) is 3.25. The lowest BCUT2D eigenvalue weighted by Gasteiger charge is -2.44. The summed E-state index contributed by atoms with van der Waals surface area (Å²) in [5.74, 6) is 1.86. The summed E-state index contributed by atoms with van der Waals surface area (Å²) in [6.45, 7) is 11.1. The van der Waals surface area contributed by atoms with Crippen LogP contribution in [0.15, 0.2) is 24.3 Å². The maximum Gasteiger partial charge on any atom is 0.338 e. The Balaban J connectivity index is 0.000000242. The van der Waals surface area contributed by atoms with Gasteiger partial charge in [-0.3, -0.25) is 0 Å². The van der Waals surface area contributed by atoms with E-state index in [-0.39, 0.29) is 12.1 Å². The van der Waals surface area contributed by atoms with Crippen molar-refractivity contribution in [1.29, 1.82) is 0 Å². The number of carbonyl (C=O) groups excluding carboxylic acids is 1. The first-order valence-corrected chi connectivity index (χ1v) is 9.81. The molecule has 5 heteroatoms. The number of cyclic esters (lactones) is 1. The molecular weight excluding hydrogens is 332 g/mol. The highest BCUT2D eigenvalue weighted by molar-refractivity contribution is 5.93. The fourth-order valence-corrected chi connectivity index (χ4v) is 4.24. The van der Waals surface area contributed by atoms with Crippen molar-refractivity contribution >= 4 is 5.97 Å². The van der Waals surface area contributed by atoms with Gasteiger partial charge < -0.3 is 19.7 Å². The zero-order valence-corrected chi connectivity index (χ0v) is 16.7.